The van der Waals surface area contributed by atoms with Crippen LogP contribution in [0.3, 0.4) is 0 Å². The molecular weight excluding hydrogens is 244 g/mol. The lowest BCUT2D eigenvalue weighted by Gasteiger charge is -2.26. The van der Waals surface area contributed by atoms with Gasteiger partial charge in [0.15, 0.2) is 0 Å². The molecule has 20 heavy (non-hydrogen) atoms. The lowest BCUT2D eigenvalue weighted by atomic mass is 9.87. The predicted molar refractivity (Wildman–Crippen MR) is 80.1 cm³/mol. The summed E-state index contributed by atoms with van der Waals surface area (Å²) >= 11 is 0. The smallest absolute Gasteiger partial charge is 0.0991 e. The molecule has 0 saturated heterocycles. The van der Waals surface area contributed by atoms with E-state index in [-0.39, 0.29) is 0 Å². The van der Waals surface area contributed by atoms with Crippen molar-refractivity contribution in [3.05, 3.63) is 70.8 Å². The normalized spacial score (nSPS) is 17.2. The van der Waals surface area contributed by atoms with E-state index < -0.39 is 0 Å². The van der Waals surface area contributed by atoms with Crippen molar-refractivity contribution >= 4 is 0 Å². The lowest BCUT2D eigenvalue weighted by Crippen LogP contribution is -2.24. The van der Waals surface area contributed by atoms with Crippen molar-refractivity contribution in [2.75, 3.05) is 0 Å². The molecule has 1 atom stereocenters. The molecule has 100 valence electrons. The van der Waals surface area contributed by atoms with Gasteiger partial charge in [-0.15, -0.1) is 0 Å². The molecule has 0 amide bonds. The first kappa shape index (κ1) is 12.9. The molecule has 2 aromatic rings. The maximum absolute atomic E-state index is 8.81. The summed E-state index contributed by atoms with van der Waals surface area (Å²) in [6, 6.07) is 19.2. The van der Waals surface area contributed by atoms with Crippen LogP contribution in [-0.4, -0.2) is 0 Å². The molecular formula is C18H18N2. The third kappa shape index (κ3) is 2.74. The van der Waals surface area contributed by atoms with Crippen molar-refractivity contribution in [3.8, 4) is 6.07 Å². The Bertz CT molecular complexity index is 623. The van der Waals surface area contributed by atoms with Crippen molar-refractivity contribution in [1.82, 2.24) is 5.32 Å². The summed E-state index contributed by atoms with van der Waals surface area (Å²) in [5, 5.41) is 12.5. The third-order valence-corrected chi connectivity index (χ3v) is 4.01. The Morgan fingerprint density at radius 1 is 1.10 bits per heavy atom. The van der Waals surface area contributed by atoms with Gasteiger partial charge in [-0.3, -0.25) is 0 Å². The van der Waals surface area contributed by atoms with Crippen LogP contribution in [0, 0.1) is 11.3 Å². The van der Waals surface area contributed by atoms with Crippen LogP contribution in [0.2, 0.25) is 0 Å². The van der Waals surface area contributed by atoms with Crippen LogP contribution < -0.4 is 5.32 Å². The van der Waals surface area contributed by atoms with E-state index in [2.05, 4.69) is 35.7 Å². The van der Waals surface area contributed by atoms with Gasteiger partial charge in [0.05, 0.1) is 11.6 Å². The Balaban J connectivity index is 1.68. The molecule has 0 spiro atoms. The van der Waals surface area contributed by atoms with Crippen LogP contribution in [0.5, 0.6) is 0 Å². The second kappa shape index (κ2) is 5.90. The van der Waals surface area contributed by atoms with Crippen molar-refractivity contribution in [2.45, 2.75) is 31.8 Å². The average molecular weight is 262 g/mol. The van der Waals surface area contributed by atoms with Gasteiger partial charge < -0.3 is 5.32 Å². The Morgan fingerprint density at radius 2 is 1.90 bits per heavy atom. The molecule has 0 aliphatic heterocycles. The average Bonchev–Trinajstić information content (AvgIpc) is 2.53. The highest BCUT2D eigenvalue weighted by molar-refractivity contribution is 5.33. The quantitative estimate of drug-likeness (QED) is 0.915. The summed E-state index contributed by atoms with van der Waals surface area (Å²) in [5.74, 6) is 0. The molecule has 0 bridgehead atoms. The molecule has 0 aromatic heterocycles. The topological polar surface area (TPSA) is 35.8 Å². The monoisotopic (exact) mass is 262 g/mol. The second-order valence-corrected chi connectivity index (χ2v) is 5.33. The van der Waals surface area contributed by atoms with Gasteiger partial charge in [-0.25, -0.2) is 0 Å². The van der Waals surface area contributed by atoms with E-state index in [1.807, 2.05) is 24.3 Å². The molecule has 0 heterocycles. The van der Waals surface area contributed by atoms with Crippen molar-refractivity contribution in [3.63, 3.8) is 0 Å². The third-order valence-electron chi connectivity index (χ3n) is 4.01. The number of fused-ring (bicyclic) bond motifs is 1. The Labute approximate surface area is 120 Å². The first-order valence-corrected chi connectivity index (χ1v) is 7.17. The maximum Gasteiger partial charge on any atom is 0.0991 e. The molecule has 3 rings (SSSR count). The van der Waals surface area contributed by atoms with E-state index in [1.165, 1.54) is 36.0 Å². The lowest BCUT2D eigenvalue weighted by molar-refractivity contribution is 0.459. The molecule has 2 aromatic carbocycles. The molecule has 1 aliphatic carbocycles. The summed E-state index contributed by atoms with van der Waals surface area (Å²) in [4.78, 5) is 0. The Kier molecular flexibility index (Phi) is 3.80. The van der Waals surface area contributed by atoms with Crippen LogP contribution in [0.4, 0.5) is 0 Å². The van der Waals surface area contributed by atoms with Crippen LogP contribution in [0.25, 0.3) is 0 Å². The molecule has 2 heteroatoms. The summed E-state index contributed by atoms with van der Waals surface area (Å²) in [6.07, 6.45) is 3.65. The molecule has 1 aliphatic rings. The van der Waals surface area contributed by atoms with Crippen molar-refractivity contribution in [2.24, 2.45) is 0 Å². The van der Waals surface area contributed by atoms with Gasteiger partial charge in [-0.1, -0.05) is 36.4 Å². The van der Waals surface area contributed by atoms with Gasteiger partial charge in [0.2, 0.25) is 0 Å². The molecule has 0 fully saturated rings. The van der Waals surface area contributed by atoms with Crippen LogP contribution in [0.15, 0.2) is 48.5 Å². The van der Waals surface area contributed by atoms with E-state index in [9.17, 15) is 0 Å². The number of nitrogens with one attached hydrogen (secondary N) is 1. The van der Waals surface area contributed by atoms with Crippen LogP contribution >= 0.6 is 0 Å². The first-order valence-electron chi connectivity index (χ1n) is 7.17. The maximum atomic E-state index is 8.81. The Hall–Kier alpha value is -2.11. The molecule has 2 nitrogen and oxygen atoms in total. The zero-order chi connectivity index (χ0) is 13.8. The number of hydrogen-bond donors (Lipinski definition) is 1. The van der Waals surface area contributed by atoms with Gasteiger partial charge in [-0.2, -0.15) is 5.26 Å². The van der Waals surface area contributed by atoms with Gasteiger partial charge in [-0.05, 0) is 48.1 Å². The molecule has 1 N–H and O–H groups in total. The highest BCUT2D eigenvalue weighted by Gasteiger charge is 2.18. The minimum Gasteiger partial charge on any atom is -0.306 e. The van der Waals surface area contributed by atoms with E-state index in [0.717, 1.165) is 12.1 Å². The molecule has 0 saturated carbocycles. The fraction of sp³-hybridized carbons (Fsp3) is 0.278. The summed E-state index contributed by atoms with van der Waals surface area (Å²) in [7, 11) is 0. The number of benzene rings is 2. The van der Waals surface area contributed by atoms with Gasteiger partial charge in [0, 0.05) is 12.6 Å². The SMILES string of the molecule is N#Cc1ccc(CN[C@H]2CCCc3ccccc32)cc1. The molecule has 0 radical (unpaired) electrons. The number of hydrogen-bond acceptors (Lipinski definition) is 2. The van der Waals surface area contributed by atoms with E-state index in [4.69, 9.17) is 5.26 Å². The standard InChI is InChI=1S/C18H18N2/c19-12-14-8-10-15(11-9-14)13-20-18-7-3-5-16-4-1-2-6-17(16)18/h1-2,4,6,8-11,18,20H,3,5,7,13H2/t18-/m0/s1. The highest BCUT2D eigenvalue weighted by atomic mass is 14.9. The molecule has 0 unspecified atom stereocenters. The predicted octanol–water partition coefficient (Wildman–Crippen LogP) is 3.73. The van der Waals surface area contributed by atoms with E-state index >= 15 is 0 Å². The van der Waals surface area contributed by atoms with E-state index in [0.29, 0.717) is 6.04 Å². The minimum absolute atomic E-state index is 0.454. The van der Waals surface area contributed by atoms with Gasteiger partial charge in [0.1, 0.15) is 0 Å². The van der Waals surface area contributed by atoms with Gasteiger partial charge >= 0.3 is 0 Å². The van der Waals surface area contributed by atoms with Gasteiger partial charge in [0.25, 0.3) is 0 Å². The summed E-state index contributed by atoms with van der Waals surface area (Å²) < 4.78 is 0. The summed E-state index contributed by atoms with van der Waals surface area (Å²) in [5.41, 5.74) is 4.88. The van der Waals surface area contributed by atoms with Crippen LogP contribution in [-0.2, 0) is 13.0 Å². The number of nitriles is 1. The largest absolute Gasteiger partial charge is 0.306 e. The first-order chi connectivity index (χ1) is 9.86. The zero-order valence-electron chi connectivity index (χ0n) is 11.5. The number of aryl methyl sites for hydroxylation is 1. The van der Waals surface area contributed by atoms with Crippen LogP contribution in [0.1, 0.15) is 41.1 Å². The minimum atomic E-state index is 0.454. The number of rotatable bonds is 3. The number of nitrogens with zero attached hydrogens (tertiary/aromatic N) is 1. The zero-order valence-corrected chi connectivity index (χ0v) is 11.5. The fourth-order valence-electron chi connectivity index (χ4n) is 2.90. The van der Waals surface area contributed by atoms with Crippen molar-refractivity contribution in [1.29, 1.82) is 5.26 Å². The Morgan fingerprint density at radius 3 is 2.70 bits per heavy atom. The van der Waals surface area contributed by atoms with Crippen molar-refractivity contribution < 1.29 is 0 Å². The highest BCUT2D eigenvalue weighted by Crippen LogP contribution is 2.29. The summed E-state index contributed by atoms with van der Waals surface area (Å²) in [6.45, 7) is 0.852. The fourth-order valence-corrected chi connectivity index (χ4v) is 2.90. The van der Waals surface area contributed by atoms with E-state index in [1.54, 1.807) is 0 Å². The second-order valence-electron chi connectivity index (χ2n) is 5.33.